The third-order valence-electron chi connectivity index (χ3n) is 5.71. The summed E-state index contributed by atoms with van der Waals surface area (Å²) in [5.74, 6) is 1.44. The third kappa shape index (κ3) is 4.20. The van der Waals surface area contributed by atoms with Crippen molar-refractivity contribution in [3.63, 3.8) is 0 Å². The molecule has 9 heteroatoms. The molecular weight excluding hydrogens is 390 g/mol. The number of aromatic nitrogens is 3. The van der Waals surface area contributed by atoms with Crippen LogP contribution in [0.25, 0.3) is 0 Å². The number of rotatable bonds is 5. The van der Waals surface area contributed by atoms with Gasteiger partial charge in [-0.1, -0.05) is 31.0 Å². The minimum Gasteiger partial charge on any atom is -0.347 e. The topological polar surface area (TPSA) is 97.2 Å². The Morgan fingerprint density at radius 3 is 2.66 bits per heavy atom. The Labute approximate surface area is 171 Å². The van der Waals surface area contributed by atoms with E-state index in [2.05, 4.69) is 20.1 Å². The van der Waals surface area contributed by atoms with Crippen LogP contribution in [0.3, 0.4) is 0 Å². The number of hydrogen-bond donors (Lipinski definition) is 1. The molecule has 2 aromatic rings. The molecule has 0 bridgehead atoms. The standard InChI is InChI=1S/C20H27N5O3S/c26-20(21-15-19-23-22-18-12-5-2-7-13-24(18)19)17-11-6-8-14-25(17)29(27,28)16-9-3-1-4-10-16/h1,3-4,9-10,17H,2,5-8,11-15H2,(H,21,26). The van der Waals surface area contributed by atoms with E-state index in [0.717, 1.165) is 50.3 Å². The summed E-state index contributed by atoms with van der Waals surface area (Å²) in [4.78, 5) is 13.2. The minimum atomic E-state index is -3.71. The van der Waals surface area contributed by atoms with Crippen molar-refractivity contribution in [3.8, 4) is 0 Å². The predicted molar refractivity (Wildman–Crippen MR) is 107 cm³/mol. The van der Waals surface area contributed by atoms with E-state index in [4.69, 9.17) is 0 Å². The normalized spacial score (nSPS) is 20.6. The van der Waals surface area contributed by atoms with E-state index in [-0.39, 0.29) is 17.3 Å². The molecule has 3 heterocycles. The number of carbonyl (C=O) groups excluding carboxylic acids is 1. The van der Waals surface area contributed by atoms with Crippen molar-refractivity contribution in [3.05, 3.63) is 42.0 Å². The molecule has 4 rings (SSSR count). The molecular formula is C20H27N5O3S. The van der Waals surface area contributed by atoms with Crippen molar-refractivity contribution in [2.24, 2.45) is 0 Å². The van der Waals surface area contributed by atoms with Crippen LogP contribution in [0.5, 0.6) is 0 Å². The number of sulfonamides is 1. The van der Waals surface area contributed by atoms with Gasteiger partial charge in [-0.3, -0.25) is 4.79 Å². The van der Waals surface area contributed by atoms with Crippen molar-refractivity contribution in [1.82, 2.24) is 24.4 Å². The first-order valence-electron chi connectivity index (χ1n) is 10.3. The lowest BCUT2D eigenvalue weighted by Gasteiger charge is -2.33. The summed E-state index contributed by atoms with van der Waals surface area (Å²) < 4.78 is 29.6. The fraction of sp³-hybridized carbons (Fsp3) is 0.550. The first-order chi connectivity index (χ1) is 14.1. The number of benzene rings is 1. The maximum Gasteiger partial charge on any atom is 0.243 e. The second kappa shape index (κ2) is 8.62. The number of amides is 1. The minimum absolute atomic E-state index is 0.225. The first kappa shape index (κ1) is 20.0. The quantitative estimate of drug-likeness (QED) is 0.801. The van der Waals surface area contributed by atoms with Gasteiger partial charge in [-0.05, 0) is 37.8 Å². The Kier molecular flexibility index (Phi) is 5.96. The van der Waals surface area contributed by atoms with E-state index in [1.165, 1.54) is 10.7 Å². The average Bonchev–Trinajstić information content (AvgIpc) is 2.98. The van der Waals surface area contributed by atoms with Crippen LogP contribution in [0, 0.1) is 0 Å². The van der Waals surface area contributed by atoms with Crippen LogP contribution in [-0.2, 0) is 34.3 Å². The molecule has 2 aliphatic rings. The Morgan fingerprint density at radius 1 is 1.03 bits per heavy atom. The lowest BCUT2D eigenvalue weighted by molar-refractivity contribution is -0.125. The molecule has 0 saturated carbocycles. The van der Waals surface area contributed by atoms with Crippen molar-refractivity contribution in [1.29, 1.82) is 0 Å². The van der Waals surface area contributed by atoms with Gasteiger partial charge in [0.25, 0.3) is 0 Å². The van der Waals surface area contributed by atoms with Gasteiger partial charge in [0.2, 0.25) is 15.9 Å². The number of nitrogens with zero attached hydrogens (tertiary/aromatic N) is 4. The van der Waals surface area contributed by atoms with Crippen LogP contribution < -0.4 is 5.32 Å². The Hall–Kier alpha value is -2.26. The molecule has 1 aromatic heterocycles. The molecule has 156 valence electrons. The van der Waals surface area contributed by atoms with Gasteiger partial charge in [-0.25, -0.2) is 8.42 Å². The highest BCUT2D eigenvalue weighted by molar-refractivity contribution is 7.89. The van der Waals surface area contributed by atoms with Crippen LogP contribution in [0.2, 0.25) is 0 Å². The number of fused-ring (bicyclic) bond motifs is 1. The van der Waals surface area contributed by atoms with Gasteiger partial charge in [0.05, 0.1) is 11.4 Å². The zero-order valence-electron chi connectivity index (χ0n) is 16.5. The Morgan fingerprint density at radius 2 is 1.83 bits per heavy atom. The number of carbonyl (C=O) groups is 1. The molecule has 1 saturated heterocycles. The van der Waals surface area contributed by atoms with Gasteiger partial charge in [-0.2, -0.15) is 4.31 Å². The molecule has 0 radical (unpaired) electrons. The van der Waals surface area contributed by atoms with Crippen LogP contribution in [0.1, 0.15) is 50.2 Å². The maximum absolute atomic E-state index is 13.1. The third-order valence-corrected chi connectivity index (χ3v) is 7.64. The van der Waals surface area contributed by atoms with Gasteiger partial charge in [-0.15, -0.1) is 10.2 Å². The largest absolute Gasteiger partial charge is 0.347 e. The summed E-state index contributed by atoms with van der Waals surface area (Å²) in [6.45, 7) is 1.49. The molecule has 1 fully saturated rings. The van der Waals surface area contributed by atoms with Crippen LogP contribution in [-0.4, -0.2) is 46.0 Å². The average molecular weight is 418 g/mol. The van der Waals surface area contributed by atoms with Crippen LogP contribution >= 0.6 is 0 Å². The molecule has 1 N–H and O–H groups in total. The molecule has 2 aliphatic heterocycles. The maximum atomic E-state index is 13.1. The second-order valence-corrected chi connectivity index (χ2v) is 9.54. The van der Waals surface area contributed by atoms with Crippen molar-refractivity contribution >= 4 is 15.9 Å². The van der Waals surface area contributed by atoms with Crippen molar-refractivity contribution in [2.75, 3.05) is 6.54 Å². The van der Waals surface area contributed by atoms with Gasteiger partial charge >= 0.3 is 0 Å². The van der Waals surface area contributed by atoms with E-state index in [0.29, 0.717) is 13.0 Å². The molecule has 1 amide bonds. The summed E-state index contributed by atoms with van der Waals surface area (Å²) in [6, 6.07) is 7.63. The Bertz CT molecular complexity index is 958. The number of aryl methyl sites for hydroxylation is 1. The summed E-state index contributed by atoms with van der Waals surface area (Å²) in [7, 11) is -3.71. The van der Waals surface area contributed by atoms with E-state index < -0.39 is 16.1 Å². The summed E-state index contributed by atoms with van der Waals surface area (Å²) in [5, 5.41) is 11.4. The van der Waals surface area contributed by atoms with E-state index in [1.54, 1.807) is 30.3 Å². The highest BCUT2D eigenvalue weighted by Crippen LogP contribution is 2.25. The first-order valence-corrected chi connectivity index (χ1v) is 11.8. The Balaban J connectivity index is 1.48. The van der Waals surface area contributed by atoms with E-state index in [9.17, 15) is 13.2 Å². The molecule has 29 heavy (non-hydrogen) atoms. The lowest BCUT2D eigenvalue weighted by Crippen LogP contribution is -2.51. The zero-order valence-corrected chi connectivity index (χ0v) is 17.3. The van der Waals surface area contributed by atoms with Gasteiger partial charge in [0, 0.05) is 19.5 Å². The van der Waals surface area contributed by atoms with Crippen LogP contribution in [0.4, 0.5) is 0 Å². The molecule has 8 nitrogen and oxygen atoms in total. The van der Waals surface area contributed by atoms with Gasteiger partial charge < -0.3 is 9.88 Å². The number of piperidine rings is 1. The van der Waals surface area contributed by atoms with Crippen molar-refractivity contribution < 1.29 is 13.2 Å². The smallest absolute Gasteiger partial charge is 0.243 e. The highest BCUT2D eigenvalue weighted by atomic mass is 32.2. The lowest BCUT2D eigenvalue weighted by atomic mass is 10.0. The molecule has 1 unspecified atom stereocenters. The SMILES string of the molecule is O=C(NCc1nnc2n1CCCCC2)C1CCCCN1S(=O)(=O)c1ccccc1. The monoisotopic (exact) mass is 417 g/mol. The molecule has 1 aromatic carbocycles. The van der Waals surface area contributed by atoms with E-state index in [1.807, 2.05) is 0 Å². The van der Waals surface area contributed by atoms with Crippen LogP contribution in [0.15, 0.2) is 35.2 Å². The summed E-state index contributed by atoms with van der Waals surface area (Å²) >= 11 is 0. The van der Waals surface area contributed by atoms with E-state index >= 15 is 0 Å². The number of hydrogen-bond acceptors (Lipinski definition) is 5. The van der Waals surface area contributed by atoms with Crippen molar-refractivity contribution in [2.45, 2.75) is 69.0 Å². The summed E-state index contributed by atoms with van der Waals surface area (Å²) in [6.07, 6.45) is 6.38. The predicted octanol–water partition coefficient (Wildman–Crippen LogP) is 1.86. The fourth-order valence-corrected chi connectivity index (χ4v) is 5.82. The van der Waals surface area contributed by atoms with Gasteiger partial charge in [0.1, 0.15) is 11.9 Å². The molecule has 0 aliphatic carbocycles. The molecule has 1 atom stereocenters. The fourth-order valence-electron chi connectivity index (χ4n) is 4.14. The number of nitrogens with one attached hydrogen (secondary N) is 1. The molecule has 0 spiro atoms. The van der Waals surface area contributed by atoms with Gasteiger partial charge in [0.15, 0.2) is 5.82 Å². The highest BCUT2D eigenvalue weighted by Gasteiger charge is 2.37. The zero-order chi connectivity index (χ0) is 20.3. The second-order valence-electron chi connectivity index (χ2n) is 7.65. The summed E-state index contributed by atoms with van der Waals surface area (Å²) in [5.41, 5.74) is 0.